The van der Waals surface area contributed by atoms with Gasteiger partial charge in [0.25, 0.3) is 11.6 Å². The van der Waals surface area contributed by atoms with Gasteiger partial charge in [0, 0.05) is 34.8 Å². The first-order chi connectivity index (χ1) is 16.4. The molecule has 0 aliphatic rings. The summed E-state index contributed by atoms with van der Waals surface area (Å²) in [5.74, 6) is 1.45. The first-order valence-corrected chi connectivity index (χ1v) is 11.3. The molecular formula is C21H21ClN6O5S. The third-order valence-electron chi connectivity index (χ3n) is 4.59. The van der Waals surface area contributed by atoms with Gasteiger partial charge >= 0.3 is 0 Å². The number of carbonyl (C=O) groups excluding carboxylic acids is 1. The smallest absolute Gasteiger partial charge is 0.270 e. The van der Waals surface area contributed by atoms with Gasteiger partial charge in [0.05, 0.1) is 31.1 Å². The van der Waals surface area contributed by atoms with Crippen molar-refractivity contribution in [3.8, 4) is 22.9 Å². The van der Waals surface area contributed by atoms with Crippen LogP contribution in [0, 0.1) is 10.1 Å². The van der Waals surface area contributed by atoms with Crippen molar-refractivity contribution < 1.29 is 19.2 Å². The lowest BCUT2D eigenvalue weighted by molar-refractivity contribution is -0.384. The number of ether oxygens (including phenoxy) is 2. The van der Waals surface area contributed by atoms with Crippen molar-refractivity contribution in [2.24, 2.45) is 5.10 Å². The number of hydrazone groups is 1. The maximum absolute atomic E-state index is 12.2. The van der Waals surface area contributed by atoms with Crippen LogP contribution in [0.2, 0.25) is 5.02 Å². The Hall–Kier alpha value is -3.64. The standard InChI is InChI=1S/C21H21ClN6O5S/c1-4-27-20(13-5-8-17(32-2)18(10-13)33-3)25-26-21(27)34-12-19(29)24-23-11-14-9-15(28(30)31)6-7-16(14)22/h5-11H,4,12H2,1-3H3,(H,24,29)/b23-11+. The maximum atomic E-state index is 12.2. The minimum absolute atomic E-state index is 0.0318. The molecule has 178 valence electrons. The van der Waals surface area contributed by atoms with Crippen LogP contribution in [0.1, 0.15) is 12.5 Å². The van der Waals surface area contributed by atoms with E-state index in [9.17, 15) is 14.9 Å². The Morgan fingerprint density at radius 3 is 2.68 bits per heavy atom. The molecule has 3 rings (SSSR count). The fourth-order valence-corrected chi connectivity index (χ4v) is 3.91. The summed E-state index contributed by atoms with van der Waals surface area (Å²) in [4.78, 5) is 22.6. The Morgan fingerprint density at radius 1 is 1.24 bits per heavy atom. The van der Waals surface area contributed by atoms with E-state index < -0.39 is 4.92 Å². The molecule has 3 aromatic rings. The van der Waals surface area contributed by atoms with E-state index >= 15 is 0 Å². The molecule has 0 aliphatic heterocycles. The third-order valence-corrected chi connectivity index (χ3v) is 5.90. The number of methoxy groups -OCH3 is 2. The number of halogens is 1. The van der Waals surface area contributed by atoms with Gasteiger partial charge in [0.15, 0.2) is 22.5 Å². The summed E-state index contributed by atoms with van der Waals surface area (Å²) in [6, 6.07) is 9.40. The SMILES string of the molecule is CCn1c(SCC(=O)N/N=C/c2cc([N+](=O)[O-])ccc2Cl)nnc1-c1ccc(OC)c(OC)c1. The zero-order valence-electron chi connectivity index (χ0n) is 18.5. The molecule has 34 heavy (non-hydrogen) atoms. The van der Waals surface area contributed by atoms with Crippen LogP contribution in [0.4, 0.5) is 5.69 Å². The Kier molecular flexibility index (Phi) is 8.44. The number of nitrogens with zero attached hydrogens (tertiary/aromatic N) is 5. The molecule has 0 unspecified atom stereocenters. The monoisotopic (exact) mass is 504 g/mol. The van der Waals surface area contributed by atoms with Crippen LogP contribution in [-0.2, 0) is 11.3 Å². The van der Waals surface area contributed by atoms with Gasteiger partial charge < -0.3 is 14.0 Å². The summed E-state index contributed by atoms with van der Waals surface area (Å²) >= 11 is 7.22. The molecule has 0 atom stereocenters. The second-order valence-electron chi connectivity index (χ2n) is 6.66. The number of hydrogen-bond acceptors (Lipinski definition) is 9. The second kappa shape index (κ2) is 11.5. The summed E-state index contributed by atoms with van der Waals surface area (Å²) in [5.41, 5.74) is 3.35. The van der Waals surface area contributed by atoms with Gasteiger partial charge in [-0.25, -0.2) is 5.43 Å². The minimum atomic E-state index is -0.539. The van der Waals surface area contributed by atoms with Gasteiger partial charge in [-0.05, 0) is 31.2 Å². The largest absolute Gasteiger partial charge is 0.493 e. The molecule has 1 amide bonds. The van der Waals surface area contributed by atoms with Crippen molar-refractivity contribution in [1.82, 2.24) is 20.2 Å². The molecular weight excluding hydrogens is 484 g/mol. The normalized spacial score (nSPS) is 10.9. The summed E-state index contributed by atoms with van der Waals surface area (Å²) < 4.78 is 12.5. The highest BCUT2D eigenvalue weighted by Gasteiger charge is 2.16. The zero-order valence-corrected chi connectivity index (χ0v) is 20.1. The number of amides is 1. The van der Waals surface area contributed by atoms with E-state index in [-0.39, 0.29) is 22.4 Å². The molecule has 1 aromatic heterocycles. The highest BCUT2D eigenvalue weighted by atomic mass is 35.5. The molecule has 11 nitrogen and oxygen atoms in total. The number of benzene rings is 2. The molecule has 0 saturated heterocycles. The first-order valence-electron chi connectivity index (χ1n) is 9.92. The summed E-state index contributed by atoms with van der Waals surface area (Å²) in [6.07, 6.45) is 1.25. The predicted octanol–water partition coefficient (Wildman–Crippen LogP) is 3.79. The topological polar surface area (TPSA) is 134 Å². The Balaban J connectivity index is 1.66. The molecule has 0 bridgehead atoms. The first kappa shape index (κ1) is 25.0. The molecule has 2 aromatic carbocycles. The quantitative estimate of drug-likeness (QED) is 0.191. The van der Waals surface area contributed by atoms with E-state index in [4.69, 9.17) is 21.1 Å². The van der Waals surface area contributed by atoms with Crippen LogP contribution < -0.4 is 14.9 Å². The average Bonchev–Trinajstić information content (AvgIpc) is 3.26. The van der Waals surface area contributed by atoms with Crippen molar-refractivity contribution in [1.29, 1.82) is 0 Å². The zero-order chi connectivity index (χ0) is 24.7. The van der Waals surface area contributed by atoms with E-state index in [1.807, 2.05) is 23.6 Å². The minimum Gasteiger partial charge on any atom is -0.493 e. The van der Waals surface area contributed by atoms with Crippen LogP contribution >= 0.6 is 23.4 Å². The number of non-ortho nitro benzene ring substituents is 1. The van der Waals surface area contributed by atoms with Crippen LogP contribution in [0.15, 0.2) is 46.7 Å². The van der Waals surface area contributed by atoms with Crippen LogP contribution in [0.3, 0.4) is 0 Å². The fraction of sp³-hybridized carbons (Fsp3) is 0.238. The van der Waals surface area contributed by atoms with Gasteiger partial charge in [0.2, 0.25) is 0 Å². The van der Waals surface area contributed by atoms with E-state index in [0.29, 0.717) is 34.6 Å². The van der Waals surface area contributed by atoms with Crippen molar-refractivity contribution in [2.45, 2.75) is 18.6 Å². The summed E-state index contributed by atoms with van der Waals surface area (Å²) in [5, 5.41) is 24.0. The Labute approximate surface area is 204 Å². The van der Waals surface area contributed by atoms with E-state index in [1.165, 1.54) is 36.2 Å². The van der Waals surface area contributed by atoms with Gasteiger partial charge in [-0.1, -0.05) is 23.4 Å². The number of hydrogen-bond donors (Lipinski definition) is 1. The van der Waals surface area contributed by atoms with Crippen molar-refractivity contribution in [3.05, 3.63) is 57.1 Å². The lowest BCUT2D eigenvalue weighted by Gasteiger charge is -2.10. The highest BCUT2D eigenvalue weighted by molar-refractivity contribution is 7.99. The third kappa shape index (κ3) is 5.83. The maximum Gasteiger partial charge on any atom is 0.270 e. The molecule has 0 fully saturated rings. The average molecular weight is 505 g/mol. The number of thioether (sulfide) groups is 1. The Bertz CT molecular complexity index is 1230. The lowest BCUT2D eigenvalue weighted by Crippen LogP contribution is -2.20. The molecule has 0 aliphatic carbocycles. The predicted molar refractivity (Wildman–Crippen MR) is 129 cm³/mol. The highest BCUT2D eigenvalue weighted by Crippen LogP contribution is 2.32. The molecule has 0 saturated carbocycles. The second-order valence-corrected chi connectivity index (χ2v) is 8.01. The number of nitrogens with one attached hydrogen (secondary N) is 1. The number of rotatable bonds is 10. The van der Waals surface area contributed by atoms with Gasteiger partial charge in [0.1, 0.15) is 0 Å². The molecule has 1 N–H and O–H groups in total. The van der Waals surface area contributed by atoms with E-state index in [2.05, 4.69) is 20.7 Å². The molecule has 0 spiro atoms. The van der Waals surface area contributed by atoms with Crippen LogP contribution in [0.25, 0.3) is 11.4 Å². The molecule has 13 heteroatoms. The van der Waals surface area contributed by atoms with E-state index in [1.54, 1.807) is 20.3 Å². The fourth-order valence-electron chi connectivity index (χ4n) is 2.95. The van der Waals surface area contributed by atoms with Crippen LogP contribution in [-0.4, -0.2) is 51.8 Å². The number of aromatic nitrogens is 3. The van der Waals surface area contributed by atoms with Gasteiger partial charge in [-0.3, -0.25) is 14.9 Å². The van der Waals surface area contributed by atoms with Gasteiger partial charge in [-0.2, -0.15) is 5.10 Å². The summed E-state index contributed by atoms with van der Waals surface area (Å²) in [6.45, 7) is 2.54. The van der Waals surface area contributed by atoms with Crippen molar-refractivity contribution in [3.63, 3.8) is 0 Å². The molecule has 1 heterocycles. The van der Waals surface area contributed by atoms with E-state index in [0.717, 1.165) is 5.56 Å². The Morgan fingerprint density at radius 2 is 2.00 bits per heavy atom. The lowest BCUT2D eigenvalue weighted by atomic mass is 10.2. The number of nitro groups is 1. The van der Waals surface area contributed by atoms with Crippen molar-refractivity contribution >= 4 is 41.2 Å². The number of nitro benzene ring substituents is 1. The number of carbonyl (C=O) groups is 1. The molecule has 0 radical (unpaired) electrons. The van der Waals surface area contributed by atoms with Crippen molar-refractivity contribution in [2.75, 3.05) is 20.0 Å². The summed E-state index contributed by atoms with van der Waals surface area (Å²) in [7, 11) is 3.12. The van der Waals surface area contributed by atoms with Gasteiger partial charge in [-0.15, -0.1) is 10.2 Å². The van der Waals surface area contributed by atoms with Crippen LogP contribution in [0.5, 0.6) is 11.5 Å².